The van der Waals surface area contributed by atoms with E-state index in [1.807, 2.05) is 12.1 Å². The molecule has 10 heteroatoms. The van der Waals surface area contributed by atoms with E-state index in [4.69, 9.17) is 14.2 Å². The molecule has 10 nitrogen and oxygen atoms in total. The van der Waals surface area contributed by atoms with Crippen molar-refractivity contribution >= 4 is 5.97 Å². The van der Waals surface area contributed by atoms with Crippen molar-refractivity contribution in [2.75, 3.05) is 13.6 Å². The van der Waals surface area contributed by atoms with Gasteiger partial charge in [0.2, 0.25) is 0 Å². The van der Waals surface area contributed by atoms with Gasteiger partial charge in [-0.15, -0.1) is 0 Å². The van der Waals surface area contributed by atoms with Crippen LogP contribution < -0.4 is 4.74 Å². The molecule has 10 atom stereocenters. The molecular formula is C23H27NO9. The van der Waals surface area contributed by atoms with Crippen molar-refractivity contribution in [2.45, 2.75) is 67.2 Å². The average Bonchev–Trinajstić information content (AvgIpc) is 3.14. The minimum Gasteiger partial charge on any atom is -0.504 e. The predicted molar refractivity (Wildman–Crippen MR) is 111 cm³/mol. The normalized spacial score (nSPS) is 45.4. The lowest BCUT2D eigenvalue weighted by molar-refractivity contribution is -0.307. The van der Waals surface area contributed by atoms with Crippen LogP contribution in [0.25, 0.3) is 0 Å². The molecule has 0 radical (unpaired) electrons. The summed E-state index contributed by atoms with van der Waals surface area (Å²) in [7, 11) is 2.11. The van der Waals surface area contributed by atoms with E-state index >= 15 is 0 Å². The van der Waals surface area contributed by atoms with Gasteiger partial charge < -0.3 is 44.6 Å². The summed E-state index contributed by atoms with van der Waals surface area (Å²) in [4.78, 5) is 13.8. The summed E-state index contributed by atoms with van der Waals surface area (Å²) in [6.07, 6.45) is -4.16. The molecule has 3 heterocycles. The van der Waals surface area contributed by atoms with Crippen LogP contribution >= 0.6 is 0 Å². The van der Waals surface area contributed by atoms with Crippen molar-refractivity contribution in [3.63, 3.8) is 0 Å². The number of phenolic OH excluding ortho intramolecular Hbond substituents is 1. The molecule has 178 valence electrons. The second kappa shape index (κ2) is 7.14. The molecule has 2 bridgehead atoms. The van der Waals surface area contributed by atoms with Crippen LogP contribution in [0.5, 0.6) is 11.5 Å². The van der Waals surface area contributed by atoms with Crippen molar-refractivity contribution in [3.8, 4) is 11.5 Å². The number of nitrogens with zero attached hydrogens (tertiary/aromatic N) is 1. The van der Waals surface area contributed by atoms with Gasteiger partial charge in [0, 0.05) is 22.9 Å². The van der Waals surface area contributed by atoms with E-state index in [0.717, 1.165) is 30.5 Å². The summed E-state index contributed by atoms with van der Waals surface area (Å²) in [6, 6.07) is 3.85. The van der Waals surface area contributed by atoms with Crippen molar-refractivity contribution < 1.29 is 44.5 Å². The zero-order chi connectivity index (χ0) is 23.2. The molecule has 2 saturated heterocycles. The van der Waals surface area contributed by atoms with E-state index in [2.05, 4.69) is 18.0 Å². The number of likely N-dealkylation sites (tertiary alicyclic amines) is 1. The highest BCUT2D eigenvalue weighted by Gasteiger charge is 2.65. The zero-order valence-electron chi connectivity index (χ0n) is 17.9. The molecule has 10 unspecified atom stereocenters. The predicted octanol–water partition coefficient (Wildman–Crippen LogP) is -0.885. The molecule has 0 saturated carbocycles. The minimum absolute atomic E-state index is 0.0610. The highest BCUT2D eigenvalue weighted by molar-refractivity contribution is 5.73. The lowest BCUT2D eigenvalue weighted by Crippen LogP contribution is -2.66. The van der Waals surface area contributed by atoms with Gasteiger partial charge in [-0.3, -0.25) is 0 Å². The molecule has 1 aromatic rings. The number of carboxylic acid groups (broad SMARTS) is 1. The fraction of sp³-hybridized carbons (Fsp3) is 0.609. The molecule has 1 spiro atoms. The third kappa shape index (κ3) is 2.73. The number of rotatable bonds is 3. The highest BCUT2D eigenvalue weighted by atomic mass is 16.7. The van der Waals surface area contributed by atoms with Crippen LogP contribution in [0.4, 0.5) is 0 Å². The summed E-state index contributed by atoms with van der Waals surface area (Å²) >= 11 is 0. The average molecular weight is 461 g/mol. The first-order valence-corrected chi connectivity index (χ1v) is 11.2. The first-order chi connectivity index (χ1) is 15.7. The van der Waals surface area contributed by atoms with Crippen molar-refractivity contribution in [1.29, 1.82) is 0 Å². The van der Waals surface area contributed by atoms with Crippen LogP contribution in [-0.2, 0) is 26.1 Å². The van der Waals surface area contributed by atoms with Crippen molar-refractivity contribution in [3.05, 3.63) is 35.4 Å². The Hall–Kier alpha value is -2.21. The Morgan fingerprint density at radius 1 is 1.18 bits per heavy atom. The van der Waals surface area contributed by atoms with Gasteiger partial charge >= 0.3 is 5.97 Å². The number of carbonyl (C=O) groups is 1. The molecule has 33 heavy (non-hydrogen) atoms. The van der Waals surface area contributed by atoms with Gasteiger partial charge in [-0.25, -0.2) is 4.79 Å². The Balaban J connectivity index is 1.38. The van der Waals surface area contributed by atoms with Crippen LogP contribution in [0.1, 0.15) is 17.5 Å². The van der Waals surface area contributed by atoms with Crippen LogP contribution in [-0.4, -0.2) is 98.9 Å². The number of benzene rings is 1. The summed E-state index contributed by atoms with van der Waals surface area (Å²) < 4.78 is 17.7. The van der Waals surface area contributed by atoms with E-state index in [9.17, 15) is 30.3 Å². The number of carboxylic acids is 1. The smallest absolute Gasteiger partial charge is 0.335 e. The standard InChI is InChI=1S/C23H27NO9/c1-24-7-6-23-10-3-5-13(31-22-17(28)15(26)16(27)19(33-22)21(29)30)20(23)32-18-12(25)4-2-9(14(18)23)8-11(10)24/h2-5,10-11,13,15-17,19-20,22,25-28H,6-8H2,1H3,(H,29,30). The van der Waals surface area contributed by atoms with Gasteiger partial charge in [-0.05, 0) is 38.1 Å². The van der Waals surface area contributed by atoms with E-state index in [1.54, 1.807) is 6.07 Å². The fourth-order valence-corrected chi connectivity index (χ4v) is 6.66. The zero-order valence-corrected chi connectivity index (χ0v) is 17.9. The maximum atomic E-state index is 11.5. The van der Waals surface area contributed by atoms with Crippen LogP contribution in [0.2, 0.25) is 0 Å². The SMILES string of the molecule is CN1CCC23c4c5ccc(O)c4OC2C(OC2OC(C(=O)O)C(O)C(O)C2O)C=CC3C1C5. The quantitative estimate of drug-likeness (QED) is 0.359. The van der Waals surface area contributed by atoms with Gasteiger partial charge in [-0.1, -0.05) is 18.2 Å². The summed E-state index contributed by atoms with van der Waals surface area (Å²) in [6.45, 7) is 0.838. The molecule has 2 fully saturated rings. The maximum absolute atomic E-state index is 11.5. The fourth-order valence-electron chi connectivity index (χ4n) is 6.66. The Morgan fingerprint density at radius 3 is 2.73 bits per heavy atom. The van der Waals surface area contributed by atoms with E-state index in [1.165, 1.54) is 0 Å². The van der Waals surface area contributed by atoms with Crippen LogP contribution in [0.15, 0.2) is 24.3 Å². The second-order valence-corrected chi connectivity index (χ2v) is 9.78. The van der Waals surface area contributed by atoms with Gasteiger partial charge in [-0.2, -0.15) is 0 Å². The molecule has 3 aliphatic heterocycles. The second-order valence-electron chi connectivity index (χ2n) is 9.78. The monoisotopic (exact) mass is 461 g/mol. The Morgan fingerprint density at radius 2 is 1.97 bits per heavy atom. The van der Waals surface area contributed by atoms with Gasteiger partial charge in [0.15, 0.2) is 23.9 Å². The topological polar surface area (TPSA) is 149 Å². The summed E-state index contributed by atoms with van der Waals surface area (Å²) in [5.74, 6) is -0.824. The number of hydrogen-bond donors (Lipinski definition) is 5. The lowest BCUT2D eigenvalue weighted by Gasteiger charge is -2.57. The van der Waals surface area contributed by atoms with E-state index < -0.39 is 54.3 Å². The van der Waals surface area contributed by atoms with Gasteiger partial charge in [0.25, 0.3) is 0 Å². The number of aliphatic hydroxyl groups is 3. The first kappa shape index (κ1) is 21.3. The Labute approximate surface area is 189 Å². The third-order valence-electron chi connectivity index (χ3n) is 8.23. The number of ether oxygens (including phenoxy) is 3. The molecular weight excluding hydrogens is 434 g/mol. The Kier molecular flexibility index (Phi) is 4.62. The first-order valence-electron chi connectivity index (χ1n) is 11.2. The van der Waals surface area contributed by atoms with E-state index in [-0.39, 0.29) is 17.7 Å². The van der Waals surface area contributed by atoms with E-state index in [0.29, 0.717) is 5.75 Å². The molecule has 5 N–H and O–H groups in total. The molecule has 5 aliphatic rings. The molecule has 0 aromatic heterocycles. The van der Waals surface area contributed by atoms with Crippen molar-refractivity contribution in [2.24, 2.45) is 5.92 Å². The number of aliphatic carboxylic acids is 1. The number of phenols is 1. The number of aromatic hydroxyl groups is 1. The number of hydrogen-bond acceptors (Lipinski definition) is 9. The molecule has 1 aromatic carbocycles. The number of piperidine rings is 1. The van der Waals surface area contributed by atoms with Gasteiger partial charge in [0.1, 0.15) is 30.5 Å². The maximum Gasteiger partial charge on any atom is 0.335 e. The molecule has 2 aliphatic carbocycles. The summed E-state index contributed by atoms with van der Waals surface area (Å²) in [5.41, 5.74) is 1.69. The van der Waals surface area contributed by atoms with Crippen LogP contribution in [0.3, 0.4) is 0 Å². The molecule has 6 rings (SSSR count). The summed E-state index contributed by atoms with van der Waals surface area (Å²) in [5, 5.41) is 50.5. The van der Waals surface area contributed by atoms with Crippen molar-refractivity contribution in [1.82, 2.24) is 4.90 Å². The minimum atomic E-state index is -1.79. The lowest BCUT2D eigenvalue weighted by atomic mass is 9.53. The van der Waals surface area contributed by atoms with Gasteiger partial charge in [0.05, 0.1) is 0 Å². The largest absolute Gasteiger partial charge is 0.504 e. The number of aliphatic hydroxyl groups excluding tert-OH is 3. The van der Waals surface area contributed by atoms with Crippen LogP contribution in [0, 0.1) is 5.92 Å². The Bertz CT molecular complexity index is 1030. The third-order valence-corrected chi connectivity index (χ3v) is 8.23. The molecule has 0 amide bonds. The number of likely N-dealkylation sites (N-methyl/N-ethyl adjacent to an activating group) is 1. The highest BCUT2D eigenvalue weighted by Crippen LogP contribution is 2.62.